The molecular weight excluding hydrogens is 186 g/mol. The Morgan fingerprint density at radius 3 is 2.20 bits per heavy atom. The molecular formula is C13H29NO. The van der Waals surface area contributed by atoms with Crippen LogP contribution in [0.2, 0.25) is 0 Å². The largest absolute Gasteiger partial charge is 0.389 e. The van der Waals surface area contributed by atoms with Crippen molar-refractivity contribution in [2.24, 2.45) is 5.92 Å². The Balaban J connectivity index is 3.99. The van der Waals surface area contributed by atoms with E-state index >= 15 is 0 Å². The molecule has 92 valence electrons. The first-order valence-corrected chi connectivity index (χ1v) is 6.43. The summed E-state index contributed by atoms with van der Waals surface area (Å²) in [5, 5.41) is 13.7. The minimum atomic E-state index is -0.574. The molecule has 2 heteroatoms. The molecule has 0 aliphatic carbocycles. The molecule has 0 fully saturated rings. The summed E-state index contributed by atoms with van der Waals surface area (Å²) in [6.45, 7) is 11.3. The molecule has 0 radical (unpaired) electrons. The molecule has 2 N–H and O–H groups in total. The summed E-state index contributed by atoms with van der Waals surface area (Å²) < 4.78 is 0. The first-order chi connectivity index (χ1) is 6.97. The summed E-state index contributed by atoms with van der Waals surface area (Å²) in [6, 6.07) is 0.561. The lowest BCUT2D eigenvalue weighted by atomic mass is 9.88. The van der Waals surface area contributed by atoms with E-state index in [1.807, 2.05) is 6.92 Å². The number of nitrogens with one attached hydrogen (secondary N) is 1. The van der Waals surface area contributed by atoms with Crippen LogP contribution in [0.5, 0.6) is 0 Å². The number of aliphatic hydroxyl groups is 1. The molecule has 2 nitrogen and oxygen atoms in total. The van der Waals surface area contributed by atoms with Gasteiger partial charge in [-0.2, -0.15) is 0 Å². The quantitative estimate of drug-likeness (QED) is 0.652. The fourth-order valence-electron chi connectivity index (χ4n) is 1.76. The van der Waals surface area contributed by atoms with Crippen LogP contribution in [0, 0.1) is 5.92 Å². The summed E-state index contributed by atoms with van der Waals surface area (Å²) in [4.78, 5) is 0. The van der Waals surface area contributed by atoms with E-state index in [1.54, 1.807) is 0 Å². The van der Waals surface area contributed by atoms with Gasteiger partial charge in [0.25, 0.3) is 0 Å². The molecule has 0 heterocycles. The van der Waals surface area contributed by atoms with Crippen LogP contribution in [0.15, 0.2) is 0 Å². The van der Waals surface area contributed by atoms with Gasteiger partial charge in [0.15, 0.2) is 0 Å². The minimum absolute atomic E-state index is 0.351. The van der Waals surface area contributed by atoms with E-state index in [4.69, 9.17) is 0 Å². The van der Waals surface area contributed by atoms with Crippen molar-refractivity contribution in [1.29, 1.82) is 0 Å². The summed E-state index contributed by atoms with van der Waals surface area (Å²) in [5.41, 5.74) is -0.574. The van der Waals surface area contributed by atoms with E-state index in [0.717, 1.165) is 12.8 Å². The third-order valence-corrected chi connectivity index (χ3v) is 3.55. The first kappa shape index (κ1) is 14.9. The van der Waals surface area contributed by atoms with Gasteiger partial charge in [0, 0.05) is 12.6 Å². The maximum absolute atomic E-state index is 10.2. The molecule has 0 aromatic carbocycles. The lowest BCUT2D eigenvalue weighted by Crippen LogP contribution is -2.46. The van der Waals surface area contributed by atoms with Gasteiger partial charge in [-0.3, -0.25) is 0 Å². The third-order valence-electron chi connectivity index (χ3n) is 3.55. The van der Waals surface area contributed by atoms with Crippen molar-refractivity contribution in [3.63, 3.8) is 0 Å². The van der Waals surface area contributed by atoms with Gasteiger partial charge in [-0.1, -0.05) is 40.5 Å². The molecule has 0 rings (SSSR count). The monoisotopic (exact) mass is 215 g/mol. The van der Waals surface area contributed by atoms with Gasteiger partial charge in [-0.15, -0.1) is 0 Å². The van der Waals surface area contributed by atoms with Gasteiger partial charge in [0.1, 0.15) is 0 Å². The maximum atomic E-state index is 10.2. The maximum Gasteiger partial charge on any atom is 0.0768 e. The Bertz CT molecular complexity index is 157. The van der Waals surface area contributed by atoms with E-state index in [2.05, 4.69) is 33.0 Å². The lowest BCUT2D eigenvalue weighted by molar-refractivity contribution is 0.00295. The van der Waals surface area contributed by atoms with Crippen molar-refractivity contribution in [3.8, 4) is 0 Å². The average Bonchev–Trinajstić information content (AvgIpc) is 2.22. The van der Waals surface area contributed by atoms with E-state index in [1.165, 1.54) is 12.8 Å². The fraction of sp³-hybridized carbons (Fsp3) is 1.00. The van der Waals surface area contributed by atoms with Crippen LogP contribution < -0.4 is 5.32 Å². The van der Waals surface area contributed by atoms with Crippen molar-refractivity contribution in [2.75, 3.05) is 6.54 Å². The highest BCUT2D eigenvalue weighted by Crippen LogP contribution is 2.19. The molecule has 3 atom stereocenters. The number of hydrogen-bond donors (Lipinski definition) is 2. The molecule has 0 aromatic rings. The predicted molar refractivity (Wildman–Crippen MR) is 67.1 cm³/mol. The van der Waals surface area contributed by atoms with E-state index in [0.29, 0.717) is 18.5 Å². The zero-order valence-corrected chi connectivity index (χ0v) is 11.1. The normalized spacial score (nSPS) is 19.6. The molecule has 0 saturated carbocycles. The fourth-order valence-corrected chi connectivity index (χ4v) is 1.76. The van der Waals surface area contributed by atoms with Crippen LogP contribution in [0.1, 0.15) is 60.3 Å². The highest BCUT2D eigenvalue weighted by molar-refractivity contribution is 4.82. The van der Waals surface area contributed by atoms with Crippen molar-refractivity contribution >= 4 is 0 Å². The molecule has 0 bridgehead atoms. The lowest BCUT2D eigenvalue weighted by Gasteiger charge is -2.32. The molecule has 0 aromatic heterocycles. The summed E-state index contributed by atoms with van der Waals surface area (Å²) in [6.07, 6.45) is 4.58. The second-order valence-corrected chi connectivity index (χ2v) is 4.94. The summed E-state index contributed by atoms with van der Waals surface area (Å²) >= 11 is 0. The van der Waals surface area contributed by atoms with Crippen LogP contribution in [0.4, 0.5) is 0 Å². The van der Waals surface area contributed by atoms with Crippen molar-refractivity contribution in [1.82, 2.24) is 5.32 Å². The van der Waals surface area contributed by atoms with Crippen molar-refractivity contribution in [2.45, 2.75) is 71.9 Å². The highest BCUT2D eigenvalue weighted by atomic mass is 16.3. The first-order valence-electron chi connectivity index (χ1n) is 6.43. The standard InChI is InChI=1S/C13H29NO/c1-6-9-12(8-3)14-10-13(5,15)11(4)7-2/h11-12,14-15H,6-10H2,1-5H3. The molecule has 3 unspecified atom stereocenters. The zero-order valence-electron chi connectivity index (χ0n) is 11.1. The Morgan fingerprint density at radius 1 is 1.20 bits per heavy atom. The van der Waals surface area contributed by atoms with E-state index < -0.39 is 5.60 Å². The Kier molecular flexibility index (Phi) is 7.20. The SMILES string of the molecule is CCCC(CC)NCC(C)(O)C(C)CC. The summed E-state index contributed by atoms with van der Waals surface area (Å²) in [5.74, 6) is 0.351. The van der Waals surface area contributed by atoms with Crippen LogP contribution in [-0.2, 0) is 0 Å². The van der Waals surface area contributed by atoms with Gasteiger partial charge >= 0.3 is 0 Å². The Hall–Kier alpha value is -0.0800. The molecule has 0 spiro atoms. The molecule has 15 heavy (non-hydrogen) atoms. The van der Waals surface area contributed by atoms with Gasteiger partial charge < -0.3 is 10.4 Å². The van der Waals surface area contributed by atoms with Gasteiger partial charge in [-0.05, 0) is 25.7 Å². The number of hydrogen-bond acceptors (Lipinski definition) is 2. The van der Waals surface area contributed by atoms with Crippen LogP contribution in [0.3, 0.4) is 0 Å². The van der Waals surface area contributed by atoms with E-state index in [-0.39, 0.29) is 0 Å². The van der Waals surface area contributed by atoms with Crippen LogP contribution in [0.25, 0.3) is 0 Å². The molecule has 0 amide bonds. The zero-order chi connectivity index (χ0) is 11.9. The van der Waals surface area contributed by atoms with Gasteiger partial charge in [0.2, 0.25) is 0 Å². The average molecular weight is 215 g/mol. The van der Waals surface area contributed by atoms with E-state index in [9.17, 15) is 5.11 Å². The second kappa shape index (κ2) is 7.24. The summed E-state index contributed by atoms with van der Waals surface area (Å²) in [7, 11) is 0. The number of rotatable bonds is 8. The molecule has 0 saturated heterocycles. The van der Waals surface area contributed by atoms with Crippen LogP contribution >= 0.6 is 0 Å². The topological polar surface area (TPSA) is 32.3 Å². The Labute approximate surface area is 95.5 Å². The highest BCUT2D eigenvalue weighted by Gasteiger charge is 2.27. The minimum Gasteiger partial charge on any atom is -0.389 e. The van der Waals surface area contributed by atoms with Gasteiger partial charge in [-0.25, -0.2) is 0 Å². The smallest absolute Gasteiger partial charge is 0.0768 e. The van der Waals surface area contributed by atoms with Crippen molar-refractivity contribution < 1.29 is 5.11 Å². The Morgan fingerprint density at radius 2 is 1.80 bits per heavy atom. The molecule has 0 aliphatic heterocycles. The van der Waals surface area contributed by atoms with Crippen molar-refractivity contribution in [3.05, 3.63) is 0 Å². The second-order valence-electron chi connectivity index (χ2n) is 4.94. The van der Waals surface area contributed by atoms with Gasteiger partial charge in [0.05, 0.1) is 5.60 Å². The predicted octanol–water partition coefficient (Wildman–Crippen LogP) is 2.95. The molecule has 0 aliphatic rings. The third kappa shape index (κ3) is 5.53. The van der Waals surface area contributed by atoms with Crippen LogP contribution in [-0.4, -0.2) is 23.3 Å².